The van der Waals surface area contributed by atoms with E-state index in [-0.39, 0.29) is 12.8 Å². The van der Waals surface area contributed by atoms with Gasteiger partial charge in [0.2, 0.25) is 23.6 Å². The zero-order chi connectivity index (χ0) is 36.0. The topological polar surface area (TPSA) is 259 Å². The molecule has 0 aromatic heterocycles. The number of ether oxygens (including phenoxy) is 3. The number of amides is 4. The van der Waals surface area contributed by atoms with Gasteiger partial charge in [0.05, 0.1) is 25.4 Å². The molecular weight excluding hydrogens is 610 g/mol. The predicted molar refractivity (Wildman–Crippen MR) is 161 cm³/mol. The van der Waals surface area contributed by atoms with Gasteiger partial charge in [0.25, 0.3) is 0 Å². The third-order valence-corrected chi connectivity index (χ3v) is 5.12. The average Bonchev–Trinajstić information content (AvgIpc) is 2.84. The van der Waals surface area contributed by atoms with E-state index < -0.39 is 108 Å². The third-order valence-electron chi connectivity index (χ3n) is 5.12. The number of aliphatic carboxylic acids is 1. The van der Waals surface area contributed by atoms with Crippen LogP contribution in [0.2, 0.25) is 0 Å². The molecule has 7 N–H and O–H groups in total. The lowest BCUT2D eigenvalue weighted by Gasteiger charge is -2.26. The Labute approximate surface area is 268 Å². The Hall–Kier alpha value is -4.28. The smallest absolute Gasteiger partial charge is 0.322 e. The van der Waals surface area contributed by atoms with E-state index in [4.69, 9.17) is 25.1 Å². The summed E-state index contributed by atoms with van der Waals surface area (Å²) in [5, 5.41) is 17.5. The van der Waals surface area contributed by atoms with E-state index in [0.717, 1.165) is 0 Å². The molecule has 0 aliphatic heterocycles. The number of carboxylic acid groups (broad SMARTS) is 1. The molecular formula is C29H49N5O12. The minimum absolute atomic E-state index is 0.158. The summed E-state index contributed by atoms with van der Waals surface area (Å²) in [7, 11) is 0. The summed E-state index contributed by atoms with van der Waals surface area (Å²) in [6, 6.07) is -4.61. The van der Waals surface area contributed by atoms with Crippen LogP contribution < -0.4 is 27.0 Å². The molecule has 3 atom stereocenters. The molecule has 0 saturated carbocycles. The first-order valence-electron chi connectivity index (χ1n) is 14.6. The molecule has 0 aromatic carbocycles. The summed E-state index contributed by atoms with van der Waals surface area (Å²) in [4.78, 5) is 99.1. The zero-order valence-corrected chi connectivity index (χ0v) is 28.0. The highest BCUT2D eigenvalue weighted by Crippen LogP contribution is 2.13. The van der Waals surface area contributed by atoms with Gasteiger partial charge in [-0.25, -0.2) is 0 Å². The van der Waals surface area contributed by atoms with Gasteiger partial charge < -0.3 is 46.3 Å². The van der Waals surface area contributed by atoms with Crippen molar-refractivity contribution in [3.05, 3.63) is 0 Å². The van der Waals surface area contributed by atoms with Gasteiger partial charge in [-0.1, -0.05) is 0 Å². The van der Waals surface area contributed by atoms with Gasteiger partial charge in [0.15, 0.2) is 0 Å². The van der Waals surface area contributed by atoms with Crippen LogP contribution in [0.4, 0.5) is 0 Å². The molecule has 0 fully saturated rings. The van der Waals surface area contributed by atoms with Crippen LogP contribution in [-0.4, -0.2) is 101 Å². The maximum atomic E-state index is 13.4. The number of nitrogens with two attached hydrogens (primary N) is 1. The number of rotatable bonds is 16. The fraction of sp³-hybridized carbons (Fsp3) is 0.724. The number of nitrogens with one attached hydrogen (secondary N) is 4. The highest BCUT2D eigenvalue weighted by atomic mass is 16.6. The van der Waals surface area contributed by atoms with Gasteiger partial charge >= 0.3 is 23.9 Å². The van der Waals surface area contributed by atoms with Crippen LogP contribution in [0.1, 0.15) is 88.0 Å². The fourth-order valence-electron chi connectivity index (χ4n) is 3.39. The van der Waals surface area contributed by atoms with Crippen LogP contribution in [0.25, 0.3) is 0 Å². The number of hydrogen-bond donors (Lipinski definition) is 6. The molecule has 46 heavy (non-hydrogen) atoms. The van der Waals surface area contributed by atoms with Crippen molar-refractivity contribution in [3.63, 3.8) is 0 Å². The average molecular weight is 660 g/mol. The first-order valence-corrected chi connectivity index (χ1v) is 14.6. The Kier molecular flexibility index (Phi) is 16.3. The number of carbonyl (C=O) groups is 8. The van der Waals surface area contributed by atoms with Crippen molar-refractivity contribution < 1.29 is 57.7 Å². The molecule has 0 heterocycles. The fourth-order valence-corrected chi connectivity index (χ4v) is 3.39. The predicted octanol–water partition coefficient (Wildman–Crippen LogP) is -0.814. The molecule has 0 bridgehead atoms. The van der Waals surface area contributed by atoms with Crippen molar-refractivity contribution in [3.8, 4) is 0 Å². The Morgan fingerprint density at radius 2 is 1.02 bits per heavy atom. The Morgan fingerprint density at radius 3 is 1.46 bits per heavy atom. The van der Waals surface area contributed by atoms with Crippen molar-refractivity contribution in [2.24, 2.45) is 5.73 Å². The van der Waals surface area contributed by atoms with Gasteiger partial charge in [-0.05, 0) is 68.7 Å². The van der Waals surface area contributed by atoms with Crippen molar-refractivity contribution in [1.82, 2.24) is 21.3 Å². The molecule has 4 amide bonds. The van der Waals surface area contributed by atoms with Crippen LogP contribution in [0.3, 0.4) is 0 Å². The van der Waals surface area contributed by atoms with Crippen LogP contribution in [0.15, 0.2) is 0 Å². The van der Waals surface area contributed by atoms with Crippen LogP contribution in [-0.2, 0) is 52.6 Å². The summed E-state index contributed by atoms with van der Waals surface area (Å²) in [5.74, 6) is -7.61. The normalized spacial score (nSPS) is 13.6. The monoisotopic (exact) mass is 659 g/mol. The third kappa shape index (κ3) is 20.6. The largest absolute Gasteiger partial charge is 0.480 e. The molecule has 0 radical (unpaired) electrons. The molecule has 0 rings (SSSR count). The number of esters is 3. The Balaban J connectivity index is 5.95. The van der Waals surface area contributed by atoms with Crippen LogP contribution >= 0.6 is 0 Å². The van der Waals surface area contributed by atoms with Gasteiger partial charge in [-0.15, -0.1) is 0 Å². The van der Waals surface area contributed by atoms with Crippen molar-refractivity contribution in [2.45, 2.75) is 123 Å². The van der Waals surface area contributed by atoms with Crippen LogP contribution in [0.5, 0.6) is 0 Å². The van der Waals surface area contributed by atoms with Crippen LogP contribution in [0, 0.1) is 0 Å². The van der Waals surface area contributed by atoms with Crippen molar-refractivity contribution in [1.29, 1.82) is 0 Å². The first kappa shape index (κ1) is 41.7. The lowest BCUT2D eigenvalue weighted by molar-refractivity contribution is -0.158. The van der Waals surface area contributed by atoms with Gasteiger partial charge in [-0.2, -0.15) is 0 Å². The molecule has 0 aliphatic carbocycles. The second kappa shape index (κ2) is 18.0. The van der Waals surface area contributed by atoms with E-state index >= 15 is 0 Å². The van der Waals surface area contributed by atoms with E-state index in [2.05, 4.69) is 16.0 Å². The molecule has 0 aromatic rings. The standard InChI is InChI=1S/C29H49N5O12/c1-27(2,3)44-21(38)11-10-16(30)24(41)33-18(13-23(40)46-29(7,8)9)26(43)34-17(12-22(39)45-28(4,5)6)25(42)32-14-19(35)31-15-20(36)37/h16-18H,10-15,30H2,1-9H3,(H,31,35)(H,32,42)(H,33,41)(H,34,43)(H,36,37)/t16-,17-,18-/m1/s1. The van der Waals surface area contributed by atoms with Crippen molar-refractivity contribution >= 4 is 47.5 Å². The summed E-state index contributed by atoms with van der Waals surface area (Å²) in [6.45, 7) is 13.1. The van der Waals surface area contributed by atoms with Crippen molar-refractivity contribution in [2.75, 3.05) is 13.1 Å². The molecule has 0 aliphatic rings. The Bertz CT molecular complexity index is 1130. The summed E-state index contributed by atoms with van der Waals surface area (Å²) in [6.07, 6.45) is -1.79. The first-order chi connectivity index (χ1) is 20.8. The molecule has 17 nitrogen and oxygen atoms in total. The highest BCUT2D eigenvalue weighted by Gasteiger charge is 2.33. The van der Waals surface area contributed by atoms with E-state index in [1.807, 2.05) is 5.32 Å². The van der Waals surface area contributed by atoms with E-state index in [1.54, 1.807) is 62.3 Å². The second-order valence-electron chi connectivity index (χ2n) is 13.3. The second-order valence-corrected chi connectivity index (χ2v) is 13.3. The highest BCUT2D eigenvalue weighted by molar-refractivity contribution is 5.97. The molecule has 262 valence electrons. The van der Waals surface area contributed by atoms with E-state index in [0.29, 0.717) is 0 Å². The van der Waals surface area contributed by atoms with E-state index in [9.17, 15) is 38.4 Å². The van der Waals surface area contributed by atoms with Gasteiger partial charge in [0, 0.05) is 6.42 Å². The maximum absolute atomic E-state index is 13.4. The summed E-state index contributed by atoms with van der Waals surface area (Å²) >= 11 is 0. The number of carbonyl (C=O) groups excluding carboxylic acids is 7. The maximum Gasteiger partial charge on any atom is 0.322 e. The molecule has 0 saturated heterocycles. The number of hydrogen-bond acceptors (Lipinski definition) is 12. The summed E-state index contributed by atoms with van der Waals surface area (Å²) in [5.41, 5.74) is 3.26. The molecule has 0 spiro atoms. The SMILES string of the molecule is CC(C)(C)OC(=O)CC[C@@H](N)C(=O)N[C@H](CC(=O)OC(C)(C)C)C(=O)N[C@H](CC(=O)OC(C)(C)C)C(=O)NCC(=O)NCC(=O)O. The quantitative estimate of drug-likeness (QED) is 0.0876. The minimum atomic E-state index is -1.66. The minimum Gasteiger partial charge on any atom is -0.480 e. The van der Waals surface area contributed by atoms with Gasteiger partial charge in [-0.3, -0.25) is 38.4 Å². The Morgan fingerprint density at radius 1 is 0.609 bits per heavy atom. The molecule has 17 heteroatoms. The lowest BCUT2D eigenvalue weighted by atomic mass is 10.1. The molecule has 0 unspecified atom stereocenters. The zero-order valence-electron chi connectivity index (χ0n) is 28.0. The van der Waals surface area contributed by atoms with Gasteiger partial charge in [0.1, 0.15) is 35.4 Å². The van der Waals surface area contributed by atoms with E-state index in [1.165, 1.54) is 0 Å². The lowest BCUT2D eigenvalue weighted by Crippen LogP contribution is -2.57. The number of carboxylic acids is 1. The summed E-state index contributed by atoms with van der Waals surface area (Å²) < 4.78 is 15.7.